The minimum atomic E-state index is 1.01. The van der Waals surface area contributed by atoms with E-state index in [2.05, 4.69) is 18.6 Å². The second kappa shape index (κ2) is 4.23. The molecule has 2 heteroatoms. The van der Waals surface area contributed by atoms with E-state index in [4.69, 9.17) is 0 Å². The Balaban J connectivity index is 2.62. The van der Waals surface area contributed by atoms with E-state index in [-0.39, 0.29) is 0 Å². The molecule has 0 atom stereocenters. The molecule has 0 bridgehead atoms. The molecule has 12 heavy (non-hydrogen) atoms. The molecule has 0 unspecified atom stereocenters. The predicted molar refractivity (Wildman–Crippen MR) is 52.3 cm³/mol. The fourth-order valence-electron chi connectivity index (χ4n) is 0.828. The highest BCUT2D eigenvalue weighted by atomic mass is 15.5. The van der Waals surface area contributed by atoms with Crippen LogP contribution in [-0.4, -0.2) is 5.01 Å². The third kappa shape index (κ3) is 2.16. The van der Waals surface area contributed by atoms with Gasteiger partial charge in [0.1, 0.15) is 0 Å². The Morgan fingerprint density at radius 1 is 1.08 bits per heavy atom. The van der Waals surface area contributed by atoms with E-state index in [1.165, 1.54) is 0 Å². The van der Waals surface area contributed by atoms with Crippen LogP contribution in [-0.2, 0) is 0 Å². The van der Waals surface area contributed by atoms with Crippen molar-refractivity contribution in [3.8, 4) is 0 Å². The molecule has 0 aliphatic rings. The lowest BCUT2D eigenvalue weighted by molar-refractivity contribution is 0.616. The smallest absolute Gasteiger partial charge is 0.0545 e. The van der Waals surface area contributed by atoms with Crippen molar-refractivity contribution in [2.75, 3.05) is 5.43 Å². The van der Waals surface area contributed by atoms with Gasteiger partial charge < -0.3 is 0 Å². The molecule has 1 rings (SSSR count). The van der Waals surface area contributed by atoms with Crippen LogP contribution in [0.1, 0.15) is 0 Å². The minimum Gasteiger partial charge on any atom is -0.295 e. The SMILES string of the molecule is C=CN(C=C)Nc1ccccc1. The molecule has 0 saturated carbocycles. The first kappa shape index (κ1) is 8.40. The molecule has 0 aromatic heterocycles. The van der Waals surface area contributed by atoms with Crippen molar-refractivity contribution in [3.63, 3.8) is 0 Å². The fourth-order valence-corrected chi connectivity index (χ4v) is 0.828. The van der Waals surface area contributed by atoms with E-state index in [0.717, 1.165) is 5.69 Å². The second-order valence-electron chi connectivity index (χ2n) is 2.25. The molecule has 0 saturated heterocycles. The van der Waals surface area contributed by atoms with Gasteiger partial charge in [0.05, 0.1) is 5.69 Å². The summed E-state index contributed by atoms with van der Waals surface area (Å²) in [5.41, 5.74) is 4.09. The largest absolute Gasteiger partial charge is 0.295 e. The van der Waals surface area contributed by atoms with Gasteiger partial charge in [-0.3, -0.25) is 10.4 Å². The third-order valence-electron chi connectivity index (χ3n) is 1.43. The van der Waals surface area contributed by atoms with Crippen LogP contribution in [0, 0.1) is 0 Å². The number of nitrogens with one attached hydrogen (secondary N) is 1. The van der Waals surface area contributed by atoms with Gasteiger partial charge in [0.25, 0.3) is 0 Å². The van der Waals surface area contributed by atoms with Gasteiger partial charge in [-0.15, -0.1) is 0 Å². The number of hydrazine groups is 1. The summed E-state index contributed by atoms with van der Waals surface area (Å²) in [7, 11) is 0. The third-order valence-corrected chi connectivity index (χ3v) is 1.43. The van der Waals surface area contributed by atoms with Crippen molar-refractivity contribution in [2.45, 2.75) is 0 Å². The zero-order valence-corrected chi connectivity index (χ0v) is 6.90. The summed E-state index contributed by atoms with van der Waals surface area (Å²) in [5, 5.41) is 1.69. The molecule has 62 valence electrons. The molecular weight excluding hydrogens is 148 g/mol. The minimum absolute atomic E-state index is 1.01. The molecule has 0 spiro atoms. The first-order valence-electron chi connectivity index (χ1n) is 3.72. The normalized spacial score (nSPS) is 8.67. The van der Waals surface area contributed by atoms with E-state index in [0.29, 0.717) is 0 Å². The molecule has 0 aliphatic heterocycles. The molecule has 0 aliphatic carbocycles. The second-order valence-corrected chi connectivity index (χ2v) is 2.25. The van der Waals surface area contributed by atoms with Crippen molar-refractivity contribution in [1.29, 1.82) is 0 Å². The van der Waals surface area contributed by atoms with E-state index < -0.39 is 0 Å². The van der Waals surface area contributed by atoms with Crippen molar-refractivity contribution in [3.05, 3.63) is 55.9 Å². The lowest BCUT2D eigenvalue weighted by Gasteiger charge is -2.16. The summed E-state index contributed by atoms with van der Waals surface area (Å²) in [5.74, 6) is 0. The van der Waals surface area contributed by atoms with Crippen LogP contribution in [0.2, 0.25) is 0 Å². The van der Waals surface area contributed by atoms with Gasteiger partial charge >= 0.3 is 0 Å². The zero-order valence-electron chi connectivity index (χ0n) is 6.90. The van der Waals surface area contributed by atoms with Gasteiger partial charge in [0.2, 0.25) is 0 Å². The highest BCUT2D eigenvalue weighted by Gasteiger charge is 1.90. The van der Waals surface area contributed by atoms with E-state index in [9.17, 15) is 0 Å². The summed E-state index contributed by atoms with van der Waals surface area (Å²) in [4.78, 5) is 0. The van der Waals surface area contributed by atoms with E-state index in [1.54, 1.807) is 17.4 Å². The molecule has 0 heterocycles. The maximum absolute atomic E-state index is 3.62. The first-order valence-corrected chi connectivity index (χ1v) is 3.72. The number of benzene rings is 1. The number of anilines is 1. The molecular formula is C10H12N2. The number of para-hydroxylation sites is 1. The highest BCUT2D eigenvalue weighted by molar-refractivity contribution is 5.41. The Morgan fingerprint density at radius 3 is 2.17 bits per heavy atom. The summed E-state index contributed by atoms with van der Waals surface area (Å²) in [6.45, 7) is 7.24. The Morgan fingerprint density at radius 2 is 1.67 bits per heavy atom. The van der Waals surface area contributed by atoms with Crippen molar-refractivity contribution >= 4 is 5.69 Å². The van der Waals surface area contributed by atoms with Crippen LogP contribution in [0.5, 0.6) is 0 Å². The van der Waals surface area contributed by atoms with Gasteiger partial charge in [-0.2, -0.15) is 0 Å². The standard InChI is InChI=1S/C10H12N2/c1-3-12(4-2)11-10-8-6-5-7-9-10/h3-9,11H,1-2H2. The summed E-state index contributed by atoms with van der Waals surface area (Å²) in [6, 6.07) is 9.84. The Bertz CT molecular complexity index is 246. The van der Waals surface area contributed by atoms with Crippen molar-refractivity contribution in [2.24, 2.45) is 0 Å². The van der Waals surface area contributed by atoms with Gasteiger partial charge in [-0.1, -0.05) is 31.4 Å². The Hall–Kier alpha value is -1.70. The average molecular weight is 160 g/mol. The number of rotatable bonds is 4. The van der Waals surface area contributed by atoms with Crippen LogP contribution in [0.15, 0.2) is 55.9 Å². The quantitative estimate of drug-likeness (QED) is 0.681. The van der Waals surface area contributed by atoms with E-state index in [1.807, 2.05) is 30.3 Å². The number of hydrogen-bond donors (Lipinski definition) is 1. The summed E-state index contributed by atoms with van der Waals surface area (Å²) < 4.78 is 0. The van der Waals surface area contributed by atoms with Crippen molar-refractivity contribution in [1.82, 2.24) is 5.01 Å². The van der Waals surface area contributed by atoms with E-state index >= 15 is 0 Å². The average Bonchev–Trinajstić information content (AvgIpc) is 2.16. The molecule has 0 fully saturated rings. The van der Waals surface area contributed by atoms with Crippen LogP contribution >= 0.6 is 0 Å². The molecule has 0 radical (unpaired) electrons. The summed E-state index contributed by atoms with van der Waals surface area (Å²) >= 11 is 0. The maximum Gasteiger partial charge on any atom is 0.0545 e. The van der Waals surface area contributed by atoms with Gasteiger partial charge in [-0.05, 0) is 12.1 Å². The molecule has 1 N–H and O–H groups in total. The van der Waals surface area contributed by atoms with Gasteiger partial charge in [-0.25, -0.2) is 0 Å². The molecule has 1 aromatic rings. The van der Waals surface area contributed by atoms with Gasteiger partial charge in [0.15, 0.2) is 0 Å². The lowest BCUT2D eigenvalue weighted by atomic mass is 10.3. The first-order chi connectivity index (χ1) is 5.86. The Kier molecular flexibility index (Phi) is 2.96. The van der Waals surface area contributed by atoms with Crippen LogP contribution < -0.4 is 5.43 Å². The molecule has 1 aromatic carbocycles. The molecule has 2 nitrogen and oxygen atoms in total. The van der Waals surface area contributed by atoms with Gasteiger partial charge in [0, 0.05) is 12.4 Å². The van der Waals surface area contributed by atoms with Crippen LogP contribution in [0.4, 0.5) is 5.69 Å². The van der Waals surface area contributed by atoms with Crippen LogP contribution in [0.3, 0.4) is 0 Å². The topological polar surface area (TPSA) is 15.3 Å². The monoisotopic (exact) mass is 160 g/mol. The number of hydrogen-bond acceptors (Lipinski definition) is 2. The highest BCUT2D eigenvalue weighted by Crippen LogP contribution is 2.06. The zero-order chi connectivity index (χ0) is 8.81. The maximum atomic E-state index is 3.62. The Labute approximate surface area is 72.8 Å². The predicted octanol–water partition coefficient (Wildman–Crippen LogP) is 2.60. The van der Waals surface area contributed by atoms with Crippen molar-refractivity contribution < 1.29 is 0 Å². The molecule has 0 amide bonds. The van der Waals surface area contributed by atoms with Crippen LogP contribution in [0.25, 0.3) is 0 Å². The summed E-state index contributed by atoms with van der Waals surface area (Å²) in [6.07, 6.45) is 3.31. The fraction of sp³-hybridized carbons (Fsp3) is 0. The number of nitrogens with zero attached hydrogens (tertiary/aromatic N) is 1. The lowest BCUT2D eigenvalue weighted by Crippen LogP contribution is -2.16.